The topological polar surface area (TPSA) is 38.3 Å². The summed E-state index contributed by atoms with van der Waals surface area (Å²) in [6.45, 7) is 3.99. The summed E-state index contributed by atoms with van der Waals surface area (Å²) in [5.74, 6) is 0.604. The number of amides is 1. The second-order valence-corrected chi connectivity index (χ2v) is 3.63. The Morgan fingerprint density at radius 2 is 2.38 bits per heavy atom. The van der Waals surface area contributed by atoms with Crippen molar-refractivity contribution in [1.29, 1.82) is 0 Å². The third kappa shape index (κ3) is 3.59. The second kappa shape index (κ2) is 6.18. The van der Waals surface area contributed by atoms with Crippen LogP contribution in [-0.2, 0) is 11.2 Å². The molecule has 86 valence electrons. The van der Waals surface area contributed by atoms with Gasteiger partial charge in [-0.15, -0.1) is 6.58 Å². The van der Waals surface area contributed by atoms with Crippen molar-refractivity contribution in [2.24, 2.45) is 0 Å². The monoisotopic (exact) mass is 239 g/mol. The molecule has 0 heterocycles. The van der Waals surface area contributed by atoms with Crippen LogP contribution in [0.1, 0.15) is 5.56 Å². The first-order chi connectivity index (χ1) is 7.67. The van der Waals surface area contributed by atoms with Gasteiger partial charge < -0.3 is 10.1 Å². The van der Waals surface area contributed by atoms with Crippen molar-refractivity contribution in [2.75, 3.05) is 13.7 Å². The molecular formula is C12H14ClNO2. The van der Waals surface area contributed by atoms with Crippen LogP contribution in [0, 0.1) is 0 Å². The van der Waals surface area contributed by atoms with E-state index in [0.717, 1.165) is 5.56 Å². The summed E-state index contributed by atoms with van der Waals surface area (Å²) in [5.41, 5.74) is 0.782. The average Bonchev–Trinajstić information content (AvgIpc) is 2.29. The molecule has 1 N–H and O–H groups in total. The molecule has 3 nitrogen and oxygen atoms in total. The zero-order chi connectivity index (χ0) is 12.0. The number of hydrogen-bond acceptors (Lipinski definition) is 2. The molecule has 1 amide bonds. The normalized spacial score (nSPS) is 9.62. The van der Waals surface area contributed by atoms with Gasteiger partial charge in [0.1, 0.15) is 5.75 Å². The lowest BCUT2D eigenvalue weighted by atomic mass is 10.1. The standard InChI is InChI=1S/C12H14ClNO2/c1-3-6-14-12(15)7-9-4-5-10(16-2)8-11(9)13/h3-5,8H,1,6-7H2,2H3,(H,14,15). The highest BCUT2D eigenvalue weighted by molar-refractivity contribution is 6.31. The van der Waals surface area contributed by atoms with Gasteiger partial charge in [0, 0.05) is 11.6 Å². The molecule has 1 rings (SSSR count). The predicted octanol–water partition coefficient (Wildman–Crippen LogP) is 2.19. The molecule has 0 saturated heterocycles. The van der Waals surface area contributed by atoms with Crippen molar-refractivity contribution in [1.82, 2.24) is 5.32 Å². The molecule has 0 bridgehead atoms. The van der Waals surface area contributed by atoms with E-state index < -0.39 is 0 Å². The Bertz CT molecular complexity index is 391. The number of nitrogens with one attached hydrogen (secondary N) is 1. The molecule has 0 radical (unpaired) electrons. The first kappa shape index (κ1) is 12.6. The van der Waals surface area contributed by atoms with Gasteiger partial charge >= 0.3 is 0 Å². The van der Waals surface area contributed by atoms with Crippen molar-refractivity contribution < 1.29 is 9.53 Å². The number of ether oxygens (including phenoxy) is 1. The summed E-state index contributed by atoms with van der Waals surface area (Å²) in [6, 6.07) is 5.26. The van der Waals surface area contributed by atoms with Gasteiger partial charge in [0.2, 0.25) is 5.91 Å². The lowest BCUT2D eigenvalue weighted by Crippen LogP contribution is -2.25. The summed E-state index contributed by atoms with van der Waals surface area (Å²) < 4.78 is 5.02. The molecule has 0 aliphatic rings. The fraction of sp³-hybridized carbons (Fsp3) is 0.250. The number of carbonyl (C=O) groups is 1. The van der Waals surface area contributed by atoms with Gasteiger partial charge in [-0.2, -0.15) is 0 Å². The molecule has 0 atom stereocenters. The minimum Gasteiger partial charge on any atom is -0.497 e. The Balaban J connectivity index is 2.66. The molecule has 0 fully saturated rings. The predicted molar refractivity (Wildman–Crippen MR) is 64.9 cm³/mol. The van der Waals surface area contributed by atoms with E-state index in [1.165, 1.54) is 0 Å². The van der Waals surface area contributed by atoms with Crippen LogP contribution in [0.4, 0.5) is 0 Å². The lowest BCUT2D eigenvalue weighted by molar-refractivity contribution is -0.120. The zero-order valence-corrected chi connectivity index (χ0v) is 9.88. The van der Waals surface area contributed by atoms with Crippen molar-refractivity contribution in [3.63, 3.8) is 0 Å². The number of rotatable bonds is 5. The van der Waals surface area contributed by atoms with E-state index >= 15 is 0 Å². The van der Waals surface area contributed by atoms with E-state index in [2.05, 4.69) is 11.9 Å². The van der Waals surface area contributed by atoms with Crippen LogP contribution in [0.2, 0.25) is 5.02 Å². The smallest absolute Gasteiger partial charge is 0.224 e. The molecule has 0 aliphatic heterocycles. The van der Waals surface area contributed by atoms with Gasteiger partial charge in [-0.05, 0) is 17.7 Å². The lowest BCUT2D eigenvalue weighted by Gasteiger charge is -2.06. The van der Waals surface area contributed by atoms with Crippen molar-refractivity contribution in [3.8, 4) is 5.75 Å². The molecule has 0 aliphatic carbocycles. The van der Waals surface area contributed by atoms with Crippen LogP contribution in [0.15, 0.2) is 30.9 Å². The maximum Gasteiger partial charge on any atom is 0.224 e. The molecule has 1 aromatic rings. The highest BCUT2D eigenvalue weighted by Gasteiger charge is 2.07. The SMILES string of the molecule is C=CCNC(=O)Cc1ccc(OC)cc1Cl. The largest absolute Gasteiger partial charge is 0.497 e. The van der Waals surface area contributed by atoms with Gasteiger partial charge in [0.15, 0.2) is 0 Å². The van der Waals surface area contributed by atoms with Gasteiger partial charge in [-0.25, -0.2) is 0 Å². The van der Waals surface area contributed by atoms with Crippen molar-refractivity contribution in [3.05, 3.63) is 41.4 Å². The molecule has 0 spiro atoms. The van der Waals surface area contributed by atoms with Gasteiger partial charge in [-0.3, -0.25) is 4.79 Å². The third-order valence-corrected chi connectivity index (χ3v) is 2.41. The molecule has 0 saturated carbocycles. The third-order valence-electron chi connectivity index (χ3n) is 2.05. The molecule has 0 aromatic heterocycles. The first-order valence-electron chi connectivity index (χ1n) is 4.87. The van der Waals surface area contributed by atoms with Crippen molar-refractivity contribution >= 4 is 17.5 Å². The zero-order valence-electron chi connectivity index (χ0n) is 9.13. The summed E-state index contributed by atoms with van der Waals surface area (Å²) in [4.78, 5) is 11.4. The number of benzene rings is 1. The summed E-state index contributed by atoms with van der Waals surface area (Å²) in [7, 11) is 1.57. The van der Waals surface area contributed by atoms with Gasteiger partial charge in [0.25, 0.3) is 0 Å². The highest BCUT2D eigenvalue weighted by Crippen LogP contribution is 2.22. The molecule has 4 heteroatoms. The Morgan fingerprint density at radius 3 is 2.94 bits per heavy atom. The minimum absolute atomic E-state index is 0.0769. The quantitative estimate of drug-likeness (QED) is 0.800. The van der Waals surface area contributed by atoms with E-state index in [1.54, 1.807) is 31.4 Å². The number of methoxy groups -OCH3 is 1. The van der Waals surface area contributed by atoms with Crippen LogP contribution in [0.5, 0.6) is 5.75 Å². The summed E-state index contributed by atoms with van der Waals surface area (Å²) >= 11 is 6.01. The van der Waals surface area contributed by atoms with Gasteiger partial charge in [0.05, 0.1) is 13.5 Å². The fourth-order valence-electron chi connectivity index (χ4n) is 1.22. The van der Waals surface area contributed by atoms with E-state index in [4.69, 9.17) is 16.3 Å². The van der Waals surface area contributed by atoms with Gasteiger partial charge in [-0.1, -0.05) is 23.7 Å². The van der Waals surface area contributed by atoms with Crippen LogP contribution in [0.3, 0.4) is 0 Å². The summed E-state index contributed by atoms with van der Waals surface area (Å²) in [6.07, 6.45) is 1.89. The molecule has 16 heavy (non-hydrogen) atoms. The Hall–Kier alpha value is -1.48. The van der Waals surface area contributed by atoms with E-state index in [9.17, 15) is 4.79 Å². The van der Waals surface area contributed by atoms with Crippen LogP contribution >= 0.6 is 11.6 Å². The fourth-order valence-corrected chi connectivity index (χ4v) is 1.46. The first-order valence-corrected chi connectivity index (χ1v) is 5.25. The van der Waals surface area contributed by atoms with E-state index in [-0.39, 0.29) is 12.3 Å². The van der Waals surface area contributed by atoms with E-state index in [0.29, 0.717) is 17.3 Å². The number of hydrogen-bond donors (Lipinski definition) is 1. The Morgan fingerprint density at radius 1 is 1.62 bits per heavy atom. The maximum absolute atomic E-state index is 11.4. The van der Waals surface area contributed by atoms with Crippen LogP contribution in [0.25, 0.3) is 0 Å². The molecule has 0 unspecified atom stereocenters. The van der Waals surface area contributed by atoms with E-state index in [1.807, 2.05) is 0 Å². The van der Waals surface area contributed by atoms with Crippen LogP contribution < -0.4 is 10.1 Å². The minimum atomic E-state index is -0.0769. The Labute approximate surface area is 100 Å². The Kier molecular flexibility index (Phi) is 4.86. The average molecular weight is 240 g/mol. The van der Waals surface area contributed by atoms with Crippen molar-refractivity contribution in [2.45, 2.75) is 6.42 Å². The van der Waals surface area contributed by atoms with Crippen LogP contribution in [-0.4, -0.2) is 19.6 Å². The number of carbonyl (C=O) groups excluding carboxylic acids is 1. The molecular weight excluding hydrogens is 226 g/mol. The maximum atomic E-state index is 11.4. The second-order valence-electron chi connectivity index (χ2n) is 3.23. The summed E-state index contributed by atoms with van der Waals surface area (Å²) in [5, 5.41) is 3.23. The highest BCUT2D eigenvalue weighted by atomic mass is 35.5. The molecule has 1 aromatic carbocycles. The number of halogens is 1.